The third-order valence-corrected chi connectivity index (χ3v) is 3.68. The van der Waals surface area contributed by atoms with Crippen LogP contribution in [0.1, 0.15) is 31.4 Å². The quantitative estimate of drug-likeness (QED) is 0.905. The van der Waals surface area contributed by atoms with Crippen molar-refractivity contribution in [1.82, 2.24) is 10.2 Å². The highest BCUT2D eigenvalue weighted by Crippen LogP contribution is 2.36. The van der Waals surface area contributed by atoms with E-state index in [-0.39, 0.29) is 17.8 Å². The number of benzene rings is 1. The first-order chi connectivity index (χ1) is 9.13. The number of likely N-dealkylation sites (tertiary alicyclic amines) is 1. The number of carbonyl (C=O) groups excluding carboxylic acids is 1. The van der Waals surface area contributed by atoms with Crippen LogP contribution in [0.25, 0.3) is 0 Å². The van der Waals surface area contributed by atoms with E-state index < -0.39 is 0 Å². The van der Waals surface area contributed by atoms with E-state index >= 15 is 0 Å². The lowest BCUT2D eigenvalue weighted by atomic mass is 10.0. The Labute approximate surface area is 113 Å². The summed E-state index contributed by atoms with van der Waals surface area (Å²) in [5.74, 6) is 0.308. The van der Waals surface area contributed by atoms with Gasteiger partial charge in [-0.1, -0.05) is 25.1 Å². The minimum absolute atomic E-state index is 0.104. The predicted octanol–water partition coefficient (Wildman–Crippen LogP) is 2.34. The van der Waals surface area contributed by atoms with E-state index in [4.69, 9.17) is 0 Å². The summed E-state index contributed by atoms with van der Waals surface area (Å²) in [6, 6.07) is 6.66. The van der Waals surface area contributed by atoms with E-state index in [0.29, 0.717) is 24.4 Å². The third-order valence-electron chi connectivity index (χ3n) is 3.68. The zero-order valence-electron chi connectivity index (χ0n) is 11.5. The Morgan fingerprint density at radius 2 is 2.21 bits per heavy atom. The van der Waals surface area contributed by atoms with E-state index in [2.05, 4.69) is 12.2 Å². The molecule has 19 heavy (non-hydrogen) atoms. The van der Waals surface area contributed by atoms with Crippen molar-refractivity contribution in [2.75, 3.05) is 20.1 Å². The number of rotatable bonds is 4. The standard InChI is InChI=1S/C15H21FN2O/c1-11-9-14(12-5-3-4-6-13(12)16)18(10-11)15(19)7-8-17-2/h3-6,11,14,17H,7-10H2,1-2H3. The Bertz CT molecular complexity index is 450. The molecule has 0 saturated carbocycles. The van der Waals surface area contributed by atoms with Gasteiger partial charge in [0, 0.05) is 25.1 Å². The Balaban J connectivity index is 2.18. The summed E-state index contributed by atoms with van der Waals surface area (Å²) in [5.41, 5.74) is 0.643. The first-order valence-corrected chi connectivity index (χ1v) is 6.82. The molecule has 1 aliphatic rings. The molecule has 4 heteroatoms. The second kappa shape index (κ2) is 6.15. The van der Waals surface area contributed by atoms with Crippen molar-refractivity contribution in [2.45, 2.75) is 25.8 Å². The third kappa shape index (κ3) is 3.13. The van der Waals surface area contributed by atoms with Gasteiger partial charge in [-0.25, -0.2) is 4.39 Å². The molecule has 1 aromatic rings. The monoisotopic (exact) mass is 264 g/mol. The molecule has 104 valence electrons. The summed E-state index contributed by atoms with van der Waals surface area (Å²) in [4.78, 5) is 14.0. The van der Waals surface area contributed by atoms with Crippen LogP contribution in [0.2, 0.25) is 0 Å². The number of hydrogen-bond donors (Lipinski definition) is 1. The number of halogens is 1. The van der Waals surface area contributed by atoms with Crippen LogP contribution in [0.15, 0.2) is 24.3 Å². The van der Waals surface area contributed by atoms with Crippen LogP contribution in [-0.2, 0) is 4.79 Å². The van der Waals surface area contributed by atoms with Crippen LogP contribution in [0.4, 0.5) is 4.39 Å². The van der Waals surface area contributed by atoms with E-state index in [9.17, 15) is 9.18 Å². The highest BCUT2D eigenvalue weighted by atomic mass is 19.1. The van der Waals surface area contributed by atoms with Gasteiger partial charge < -0.3 is 10.2 Å². The van der Waals surface area contributed by atoms with Gasteiger partial charge in [0.05, 0.1) is 6.04 Å². The molecule has 0 aromatic heterocycles. The van der Waals surface area contributed by atoms with Gasteiger partial charge >= 0.3 is 0 Å². The average molecular weight is 264 g/mol. The van der Waals surface area contributed by atoms with Crippen LogP contribution in [0.5, 0.6) is 0 Å². The van der Waals surface area contributed by atoms with Crippen molar-refractivity contribution in [3.8, 4) is 0 Å². The summed E-state index contributed by atoms with van der Waals surface area (Å²) in [5, 5.41) is 2.98. The summed E-state index contributed by atoms with van der Waals surface area (Å²) in [6.07, 6.45) is 1.31. The lowest BCUT2D eigenvalue weighted by Crippen LogP contribution is -2.33. The molecule has 1 fully saturated rings. The van der Waals surface area contributed by atoms with Gasteiger partial charge in [-0.3, -0.25) is 4.79 Å². The van der Waals surface area contributed by atoms with Gasteiger partial charge in [0.25, 0.3) is 0 Å². The molecule has 0 bridgehead atoms. The minimum Gasteiger partial charge on any atom is -0.335 e. The van der Waals surface area contributed by atoms with E-state index in [1.165, 1.54) is 6.07 Å². The average Bonchev–Trinajstić information content (AvgIpc) is 2.78. The minimum atomic E-state index is -0.215. The number of hydrogen-bond acceptors (Lipinski definition) is 2. The van der Waals surface area contributed by atoms with Gasteiger partial charge in [-0.15, -0.1) is 0 Å². The lowest BCUT2D eigenvalue weighted by Gasteiger charge is -2.25. The Hall–Kier alpha value is -1.42. The fourth-order valence-electron chi connectivity index (χ4n) is 2.74. The zero-order chi connectivity index (χ0) is 13.8. The molecule has 2 atom stereocenters. The van der Waals surface area contributed by atoms with Crippen molar-refractivity contribution in [3.63, 3.8) is 0 Å². The van der Waals surface area contributed by atoms with Crippen LogP contribution in [0.3, 0.4) is 0 Å². The lowest BCUT2D eigenvalue weighted by molar-refractivity contribution is -0.132. The topological polar surface area (TPSA) is 32.3 Å². The van der Waals surface area contributed by atoms with Gasteiger partial charge in [0.2, 0.25) is 5.91 Å². The van der Waals surface area contributed by atoms with Crippen molar-refractivity contribution in [3.05, 3.63) is 35.6 Å². The molecule has 1 saturated heterocycles. The Kier molecular flexibility index (Phi) is 4.53. The maximum atomic E-state index is 13.9. The zero-order valence-corrected chi connectivity index (χ0v) is 11.5. The van der Waals surface area contributed by atoms with Crippen LogP contribution < -0.4 is 5.32 Å². The number of nitrogens with one attached hydrogen (secondary N) is 1. The molecule has 1 amide bonds. The predicted molar refractivity (Wildman–Crippen MR) is 73.2 cm³/mol. The molecule has 1 N–H and O–H groups in total. The number of carbonyl (C=O) groups is 1. The van der Waals surface area contributed by atoms with Crippen molar-refractivity contribution < 1.29 is 9.18 Å². The van der Waals surface area contributed by atoms with Crippen molar-refractivity contribution in [2.24, 2.45) is 5.92 Å². The van der Waals surface area contributed by atoms with Gasteiger partial charge in [0.1, 0.15) is 5.82 Å². The Morgan fingerprint density at radius 1 is 1.47 bits per heavy atom. The second-order valence-electron chi connectivity index (χ2n) is 5.28. The smallest absolute Gasteiger partial charge is 0.224 e. The van der Waals surface area contributed by atoms with Crippen LogP contribution >= 0.6 is 0 Å². The van der Waals surface area contributed by atoms with Crippen LogP contribution in [0, 0.1) is 11.7 Å². The van der Waals surface area contributed by atoms with Crippen molar-refractivity contribution in [1.29, 1.82) is 0 Å². The highest BCUT2D eigenvalue weighted by molar-refractivity contribution is 5.77. The summed E-state index contributed by atoms with van der Waals surface area (Å²) in [6.45, 7) is 3.49. The summed E-state index contributed by atoms with van der Waals surface area (Å²) < 4.78 is 13.9. The SMILES string of the molecule is CNCCC(=O)N1CC(C)CC1c1ccccc1F. The Morgan fingerprint density at radius 3 is 2.89 bits per heavy atom. The molecular formula is C15H21FN2O. The normalized spacial score (nSPS) is 22.8. The first-order valence-electron chi connectivity index (χ1n) is 6.82. The molecular weight excluding hydrogens is 243 g/mol. The van der Waals surface area contributed by atoms with Gasteiger partial charge in [-0.05, 0) is 25.5 Å². The molecule has 1 heterocycles. The van der Waals surface area contributed by atoms with Crippen molar-refractivity contribution >= 4 is 5.91 Å². The fourth-order valence-corrected chi connectivity index (χ4v) is 2.74. The van der Waals surface area contributed by atoms with Gasteiger partial charge in [0.15, 0.2) is 0 Å². The van der Waals surface area contributed by atoms with E-state index in [1.807, 2.05) is 18.0 Å². The van der Waals surface area contributed by atoms with Crippen LogP contribution in [-0.4, -0.2) is 30.9 Å². The number of nitrogens with zero attached hydrogens (tertiary/aromatic N) is 1. The molecule has 2 rings (SSSR count). The second-order valence-corrected chi connectivity index (χ2v) is 5.28. The molecule has 1 aliphatic heterocycles. The molecule has 3 nitrogen and oxygen atoms in total. The summed E-state index contributed by atoms with van der Waals surface area (Å²) >= 11 is 0. The van der Waals surface area contributed by atoms with E-state index in [1.54, 1.807) is 12.1 Å². The fraction of sp³-hybridized carbons (Fsp3) is 0.533. The molecule has 0 radical (unpaired) electrons. The summed E-state index contributed by atoms with van der Waals surface area (Å²) in [7, 11) is 1.83. The highest BCUT2D eigenvalue weighted by Gasteiger charge is 2.34. The largest absolute Gasteiger partial charge is 0.335 e. The first kappa shape index (κ1) is 14.0. The molecule has 0 spiro atoms. The molecule has 2 unspecified atom stereocenters. The van der Waals surface area contributed by atoms with E-state index in [0.717, 1.165) is 13.0 Å². The molecule has 0 aliphatic carbocycles. The van der Waals surface area contributed by atoms with Gasteiger partial charge in [-0.2, -0.15) is 0 Å². The number of amides is 1. The molecule has 1 aromatic carbocycles. The maximum Gasteiger partial charge on any atom is 0.224 e. The maximum absolute atomic E-state index is 13.9.